The second kappa shape index (κ2) is 9.54. The Balaban J connectivity index is 1.82. The summed E-state index contributed by atoms with van der Waals surface area (Å²) in [6.45, 7) is -0.0959. The monoisotopic (exact) mass is 391 g/mol. The predicted molar refractivity (Wildman–Crippen MR) is 101 cm³/mol. The van der Waals surface area contributed by atoms with Crippen LogP contribution in [0, 0.1) is 10.1 Å². The van der Waals surface area contributed by atoms with Crippen LogP contribution in [0.5, 0.6) is 0 Å². The number of nitrogens with one attached hydrogen (secondary N) is 2. The molecule has 0 aliphatic carbocycles. The highest BCUT2D eigenvalue weighted by molar-refractivity contribution is 6.30. The maximum atomic E-state index is 12.0. The van der Waals surface area contributed by atoms with Crippen molar-refractivity contribution in [3.8, 4) is 0 Å². The van der Waals surface area contributed by atoms with Crippen LogP contribution in [0.1, 0.15) is 15.9 Å². The van der Waals surface area contributed by atoms with Gasteiger partial charge in [-0.2, -0.15) is 0 Å². The lowest BCUT2D eigenvalue weighted by Gasteiger charge is -2.08. The molecule has 9 heteroatoms. The van der Waals surface area contributed by atoms with Crippen LogP contribution in [0.4, 0.5) is 11.4 Å². The molecule has 0 fully saturated rings. The molecule has 8 nitrogen and oxygen atoms in total. The Labute approximate surface area is 160 Å². The lowest BCUT2D eigenvalue weighted by atomic mass is 10.1. The molecule has 2 aromatic rings. The highest BCUT2D eigenvalue weighted by Crippen LogP contribution is 2.25. The van der Waals surface area contributed by atoms with Gasteiger partial charge in [0.2, 0.25) is 0 Å². The van der Waals surface area contributed by atoms with Crippen LogP contribution in [0.2, 0.25) is 5.02 Å². The molecule has 0 radical (unpaired) electrons. The molecule has 142 valence electrons. The number of carbonyl (C=O) groups is 2. The summed E-state index contributed by atoms with van der Waals surface area (Å²) < 4.78 is 4.91. The number of halogens is 1. The number of nitrogens with zero attached hydrogens (tertiary/aromatic N) is 1. The number of esters is 1. The average molecular weight is 392 g/mol. The van der Waals surface area contributed by atoms with Crippen LogP contribution in [-0.4, -0.2) is 37.0 Å². The Hall–Kier alpha value is -3.13. The van der Waals surface area contributed by atoms with Gasteiger partial charge in [0.15, 0.2) is 6.61 Å². The first-order valence-electron chi connectivity index (χ1n) is 8.05. The van der Waals surface area contributed by atoms with Crippen molar-refractivity contribution in [2.24, 2.45) is 0 Å². The summed E-state index contributed by atoms with van der Waals surface area (Å²) in [5.41, 5.74) is 1.03. The molecule has 0 aliphatic heterocycles. The van der Waals surface area contributed by atoms with Gasteiger partial charge in [0.1, 0.15) is 5.69 Å². The zero-order valence-electron chi connectivity index (χ0n) is 14.5. The molecule has 27 heavy (non-hydrogen) atoms. The Morgan fingerprint density at radius 3 is 2.52 bits per heavy atom. The maximum absolute atomic E-state index is 12.0. The molecule has 0 unspecified atom stereocenters. The van der Waals surface area contributed by atoms with E-state index in [2.05, 4.69) is 10.6 Å². The van der Waals surface area contributed by atoms with Crippen LogP contribution in [-0.2, 0) is 16.0 Å². The van der Waals surface area contributed by atoms with Crippen molar-refractivity contribution in [3.63, 3.8) is 0 Å². The highest BCUT2D eigenvalue weighted by atomic mass is 35.5. The zero-order chi connectivity index (χ0) is 19.8. The van der Waals surface area contributed by atoms with Gasteiger partial charge in [0, 0.05) is 24.7 Å². The third-order valence-electron chi connectivity index (χ3n) is 3.68. The predicted octanol–water partition coefficient (Wildman–Crippen LogP) is 2.81. The molecular weight excluding hydrogens is 374 g/mol. The van der Waals surface area contributed by atoms with E-state index in [9.17, 15) is 19.7 Å². The standard InChI is InChI=1S/C18H18ClN3O5/c1-20-15-7-4-13(10-16(15)22(25)26)18(24)27-11-17(23)21-9-8-12-2-5-14(19)6-3-12/h2-7,10,20H,8-9,11H2,1H3,(H,21,23). The first-order valence-corrected chi connectivity index (χ1v) is 8.43. The van der Waals surface area contributed by atoms with Crippen LogP contribution >= 0.6 is 11.6 Å². The van der Waals surface area contributed by atoms with Gasteiger partial charge in [0.25, 0.3) is 11.6 Å². The van der Waals surface area contributed by atoms with Crippen molar-refractivity contribution in [1.29, 1.82) is 0 Å². The Morgan fingerprint density at radius 1 is 1.19 bits per heavy atom. The average Bonchev–Trinajstić information content (AvgIpc) is 2.67. The first-order chi connectivity index (χ1) is 12.9. The number of amides is 1. The van der Waals surface area contributed by atoms with E-state index < -0.39 is 23.4 Å². The Bertz CT molecular complexity index is 839. The van der Waals surface area contributed by atoms with E-state index in [-0.39, 0.29) is 16.9 Å². The largest absolute Gasteiger partial charge is 0.452 e. The van der Waals surface area contributed by atoms with Crippen LogP contribution < -0.4 is 10.6 Å². The maximum Gasteiger partial charge on any atom is 0.338 e. The molecule has 0 saturated carbocycles. The van der Waals surface area contributed by atoms with E-state index in [0.717, 1.165) is 11.6 Å². The number of hydrogen-bond donors (Lipinski definition) is 2. The number of nitro benzene ring substituents is 1. The SMILES string of the molecule is CNc1ccc(C(=O)OCC(=O)NCCc2ccc(Cl)cc2)cc1[N+](=O)[O-]. The first kappa shape index (κ1) is 20.2. The minimum absolute atomic E-state index is 0.00494. The minimum atomic E-state index is -0.811. The van der Waals surface area contributed by atoms with Crippen LogP contribution in [0.25, 0.3) is 0 Å². The topological polar surface area (TPSA) is 111 Å². The van der Waals surface area contributed by atoms with Gasteiger partial charge >= 0.3 is 5.97 Å². The van der Waals surface area contributed by atoms with E-state index in [0.29, 0.717) is 18.0 Å². The molecule has 2 aromatic carbocycles. The van der Waals surface area contributed by atoms with Crippen LogP contribution in [0.15, 0.2) is 42.5 Å². The second-order valence-corrected chi connectivity index (χ2v) is 5.98. The van der Waals surface area contributed by atoms with E-state index in [4.69, 9.17) is 16.3 Å². The highest BCUT2D eigenvalue weighted by Gasteiger charge is 2.18. The number of rotatable bonds is 8. The summed E-state index contributed by atoms with van der Waals surface area (Å²) in [7, 11) is 1.54. The smallest absolute Gasteiger partial charge is 0.338 e. The van der Waals surface area contributed by atoms with Crippen molar-refractivity contribution >= 4 is 34.9 Å². The van der Waals surface area contributed by atoms with Gasteiger partial charge in [-0.1, -0.05) is 23.7 Å². The molecule has 0 aliphatic rings. The van der Waals surface area contributed by atoms with E-state index in [1.165, 1.54) is 19.2 Å². The van der Waals surface area contributed by atoms with Gasteiger partial charge in [-0.15, -0.1) is 0 Å². The van der Waals surface area contributed by atoms with Gasteiger partial charge in [-0.25, -0.2) is 4.79 Å². The van der Waals surface area contributed by atoms with Crippen LogP contribution in [0.3, 0.4) is 0 Å². The van der Waals surface area contributed by atoms with Crippen molar-refractivity contribution in [3.05, 3.63) is 68.7 Å². The summed E-state index contributed by atoms with van der Waals surface area (Å²) in [5.74, 6) is -1.27. The summed E-state index contributed by atoms with van der Waals surface area (Å²) in [6.07, 6.45) is 0.606. The normalized spacial score (nSPS) is 10.1. The molecule has 0 saturated heterocycles. The fraction of sp³-hybridized carbons (Fsp3) is 0.222. The fourth-order valence-electron chi connectivity index (χ4n) is 2.28. The van der Waals surface area contributed by atoms with Crippen molar-refractivity contribution in [2.75, 3.05) is 25.5 Å². The molecule has 2 N–H and O–H groups in total. The molecule has 0 spiro atoms. The summed E-state index contributed by atoms with van der Waals surface area (Å²) in [5, 5.41) is 17.0. The Kier molecular flexibility index (Phi) is 7.13. The van der Waals surface area contributed by atoms with Gasteiger partial charge in [0.05, 0.1) is 10.5 Å². The van der Waals surface area contributed by atoms with Crippen molar-refractivity contribution in [1.82, 2.24) is 5.32 Å². The lowest BCUT2D eigenvalue weighted by Crippen LogP contribution is -2.30. The molecular formula is C18H18ClN3O5. The minimum Gasteiger partial charge on any atom is -0.452 e. The Morgan fingerprint density at radius 2 is 1.89 bits per heavy atom. The van der Waals surface area contributed by atoms with Crippen molar-refractivity contribution in [2.45, 2.75) is 6.42 Å². The fourth-order valence-corrected chi connectivity index (χ4v) is 2.41. The van der Waals surface area contributed by atoms with E-state index >= 15 is 0 Å². The summed E-state index contributed by atoms with van der Waals surface area (Å²) in [6, 6.07) is 11.1. The number of benzene rings is 2. The van der Waals surface area contributed by atoms with Gasteiger partial charge in [-0.3, -0.25) is 14.9 Å². The summed E-state index contributed by atoms with van der Waals surface area (Å²) >= 11 is 5.80. The quantitative estimate of drug-likeness (QED) is 0.406. The zero-order valence-corrected chi connectivity index (χ0v) is 15.3. The van der Waals surface area contributed by atoms with Crippen molar-refractivity contribution < 1.29 is 19.2 Å². The molecule has 0 aromatic heterocycles. The third-order valence-corrected chi connectivity index (χ3v) is 3.93. The van der Waals surface area contributed by atoms with E-state index in [1.54, 1.807) is 12.1 Å². The molecule has 0 atom stereocenters. The number of anilines is 1. The van der Waals surface area contributed by atoms with Gasteiger partial charge in [-0.05, 0) is 36.2 Å². The third kappa shape index (κ3) is 5.96. The number of ether oxygens (including phenoxy) is 1. The number of carbonyl (C=O) groups excluding carboxylic acids is 2. The van der Waals surface area contributed by atoms with E-state index in [1.807, 2.05) is 12.1 Å². The van der Waals surface area contributed by atoms with Gasteiger partial charge < -0.3 is 15.4 Å². The number of nitro groups is 1. The second-order valence-electron chi connectivity index (χ2n) is 5.54. The number of hydrogen-bond acceptors (Lipinski definition) is 6. The summed E-state index contributed by atoms with van der Waals surface area (Å²) in [4.78, 5) is 34.2. The molecule has 0 bridgehead atoms. The molecule has 2 rings (SSSR count). The molecule has 1 amide bonds. The molecule has 0 heterocycles. The lowest BCUT2D eigenvalue weighted by molar-refractivity contribution is -0.384.